The molecule has 0 amide bonds. The molecular weight excluding hydrogens is 210 g/mol. The average molecular weight is 241 g/mol. The number of rotatable bonds is 3. The van der Waals surface area contributed by atoms with Gasteiger partial charge in [0.05, 0.1) is 12.2 Å². The minimum atomic E-state index is 0.291. The molecule has 0 aromatic heterocycles. The van der Waals surface area contributed by atoms with Crippen LogP contribution >= 0.6 is 0 Å². The minimum Gasteiger partial charge on any atom is -0.373 e. The van der Waals surface area contributed by atoms with E-state index in [1.54, 1.807) is 0 Å². The van der Waals surface area contributed by atoms with E-state index >= 15 is 0 Å². The fourth-order valence-electron chi connectivity index (χ4n) is 2.51. The van der Waals surface area contributed by atoms with Crippen molar-refractivity contribution in [1.29, 1.82) is 0 Å². The van der Waals surface area contributed by atoms with Crippen LogP contribution in [0.2, 0.25) is 0 Å². The number of hydrogen-bond acceptors (Lipinski definition) is 2. The third-order valence-electron chi connectivity index (χ3n) is 3.76. The van der Waals surface area contributed by atoms with Crippen molar-refractivity contribution in [2.45, 2.75) is 79.1 Å². The third-order valence-corrected chi connectivity index (χ3v) is 3.76. The second-order valence-electron chi connectivity index (χ2n) is 7.54. The second-order valence-corrected chi connectivity index (χ2v) is 7.54. The van der Waals surface area contributed by atoms with Crippen molar-refractivity contribution in [3.8, 4) is 0 Å². The highest BCUT2D eigenvalue weighted by Crippen LogP contribution is 2.30. The number of morpholine rings is 1. The van der Waals surface area contributed by atoms with Crippen LogP contribution in [0.15, 0.2) is 0 Å². The van der Waals surface area contributed by atoms with E-state index in [9.17, 15) is 0 Å². The summed E-state index contributed by atoms with van der Waals surface area (Å²) >= 11 is 0. The monoisotopic (exact) mass is 241 g/mol. The zero-order valence-corrected chi connectivity index (χ0v) is 12.8. The highest BCUT2D eigenvalue weighted by atomic mass is 16.5. The summed E-state index contributed by atoms with van der Waals surface area (Å²) in [6.45, 7) is 18.2. The lowest BCUT2D eigenvalue weighted by Gasteiger charge is -2.46. The molecule has 1 saturated heterocycles. The Morgan fingerprint density at radius 2 is 1.41 bits per heavy atom. The van der Waals surface area contributed by atoms with Gasteiger partial charge in [0.15, 0.2) is 0 Å². The van der Waals surface area contributed by atoms with E-state index in [0.717, 1.165) is 13.1 Å². The summed E-state index contributed by atoms with van der Waals surface area (Å²) in [6.07, 6.45) is 3.27. The maximum absolute atomic E-state index is 5.82. The number of ether oxygens (including phenoxy) is 1. The molecule has 2 heteroatoms. The smallest absolute Gasteiger partial charge is 0.0678 e. The van der Waals surface area contributed by atoms with Gasteiger partial charge in [-0.25, -0.2) is 0 Å². The topological polar surface area (TPSA) is 12.5 Å². The van der Waals surface area contributed by atoms with Gasteiger partial charge in [0.1, 0.15) is 0 Å². The molecule has 2 nitrogen and oxygen atoms in total. The highest BCUT2D eigenvalue weighted by molar-refractivity contribution is 4.87. The molecular formula is C15H31NO. The second kappa shape index (κ2) is 5.27. The quantitative estimate of drug-likeness (QED) is 0.747. The molecule has 2 unspecified atom stereocenters. The summed E-state index contributed by atoms with van der Waals surface area (Å²) in [4.78, 5) is 2.61. The van der Waals surface area contributed by atoms with Crippen LogP contribution in [-0.4, -0.2) is 35.7 Å². The Morgan fingerprint density at radius 1 is 0.941 bits per heavy atom. The highest BCUT2D eigenvalue weighted by Gasteiger charge is 2.33. The molecule has 0 aromatic rings. The first-order valence-corrected chi connectivity index (χ1v) is 7.01. The fraction of sp³-hybridized carbons (Fsp3) is 1.00. The molecule has 1 heterocycles. The van der Waals surface area contributed by atoms with Crippen LogP contribution in [0.1, 0.15) is 61.3 Å². The van der Waals surface area contributed by atoms with Gasteiger partial charge in [-0.1, -0.05) is 20.8 Å². The van der Waals surface area contributed by atoms with Crippen molar-refractivity contribution >= 4 is 0 Å². The Labute approximate surface area is 108 Å². The minimum absolute atomic E-state index is 0.291. The van der Waals surface area contributed by atoms with Crippen molar-refractivity contribution in [2.24, 2.45) is 5.41 Å². The van der Waals surface area contributed by atoms with E-state index in [1.165, 1.54) is 12.8 Å². The fourth-order valence-corrected chi connectivity index (χ4v) is 2.51. The van der Waals surface area contributed by atoms with E-state index in [4.69, 9.17) is 4.74 Å². The molecule has 1 aliphatic heterocycles. The third kappa shape index (κ3) is 4.97. The van der Waals surface area contributed by atoms with Gasteiger partial charge >= 0.3 is 0 Å². The Morgan fingerprint density at radius 3 is 1.82 bits per heavy atom. The molecule has 2 atom stereocenters. The normalized spacial score (nSPS) is 28.4. The maximum atomic E-state index is 5.82. The predicted molar refractivity (Wildman–Crippen MR) is 74.4 cm³/mol. The average Bonchev–Trinajstić information content (AvgIpc) is 2.12. The molecule has 0 spiro atoms. The van der Waals surface area contributed by atoms with Gasteiger partial charge in [-0.15, -0.1) is 0 Å². The predicted octanol–water partition coefficient (Wildman–Crippen LogP) is 3.70. The van der Waals surface area contributed by atoms with Crippen molar-refractivity contribution < 1.29 is 4.74 Å². The summed E-state index contributed by atoms with van der Waals surface area (Å²) in [5.74, 6) is 0. The Kier molecular flexibility index (Phi) is 4.65. The van der Waals surface area contributed by atoms with E-state index < -0.39 is 0 Å². The van der Waals surface area contributed by atoms with E-state index in [2.05, 4.69) is 53.4 Å². The van der Waals surface area contributed by atoms with Crippen LogP contribution in [0.25, 0.3) is 0 Å². The summed E-state index contributed by atoms with van der Waals surface area (Å²) in [6, 6.07) is 0. The summed E-state index contributed by atoms with van der Waals surface area (Å²) in [5, 5.41) is 0. The Balaban J connectivity index is 2.56. The van der Waals surface area contributed by atoms with E-state index in [1.807, 2.05) is 0 Å². The standard InChI is InChI=1S/C15H31NO/c1-12-10-16(11-13(2)17-12)15(6,7)9-8-14(3,4)5/h12-13H,8-11H2,1-7H3. The number of nitrogens with zero attached hydrogens (tertiary/aromatic N) is 1. The van der Waals surface area contributed by atoms with Crippen LogP contribution in [0.4, 0.5) is 0 Å². The van der Waals surface area contributed by atoms with Gasteiger partial charge in [0.25, 0.3) is 0 Å². The molecule has 0 aromatic carbocycles. The van der Waals surface area contributed by atoms with Gasteiger partial charge in [-0.2, -0.15) is 0 Å². The zero-order chi connectivity index (χ0) is 13.3. The zero-order valence-electron chi connectivity index (χ0n) is 12.8. The van der Waals surface area contributed by atoms with Crippen molar-refractivity contribution in [3.05, 3.63) is 0 Å². The summed E-state index contributed by atoms with van der Waals surface area (Å²) < 4.78 is 5.82. The SMILES string of the molecule is CC1CN(C(C)(C)CCC(C)(C)C)CC(C)O1. The van der Waals surface area contributed by atoms with Crippen LogP contribution in [-0.2, 0) is 4.74 Å². The van der Waals surface area contributed by atoms with Gasteiger partial charge in [0, 0.05) is 18.6 Å². The first kappa shape index (κ1) is 15.0. The lowest BCUT2D eigenvalue weighted by Crippen LogP contribution is -2.54. The van der Waals surface area contributed by atoms with Gasteiger partial charge in [-0.05, 0) is 46.0 Å². The summed E-state index contributed by atoms with van der Waals surface area (Å²) in [7, 11) is 0. The summed E-state index contributed by atoms with van der Waals surface area (Å²) in [5.41, 5.74) is 0.723. The van der Waals surface area contributed by atoms with Gasteiger partial charge < -0.3 is 4.74 Å². The van der Waals surface area contributed by atoms with Crippen LogP contribution in [0.3, 0.4) is 0 Å². The van der Waals surface area contributed by atoms with Gasteiger partial charge in [0.2, 0.25) is 0 Å². The molecule has 17 heavy (non-hydrogen) atoms. The largest absolute Gasteiger partial charge is 0.373 e. The molecule has 0 aliphatic carbocycles. The lowest BCUT2D eigenvalue weighted by atomic mass is 9.83. The Hall–Kier alpha value is -0.0800. The first-order chi connectivity index (χ1) is 7.60. The number of hydrogen-bond donors (Lipinski definition) is 0. The molecule has 1 aliphatic rings. The van der Waals surface area contributed by atoms with E-state index in [0.29, 0.717) is 23.2 Å². The maximum Gasteiger partial charge on any atom is 0.0678 e. The van der Waals surface area contributed by atoms with Crippen molar-refractivity contribution in [1.82, 2.24) is 4.90 Å². The van der Waals surface area contributed by atoms with Crippen LogP contribution in [0.5, 0.6) is 0 Å². The molecule has 1 rings (SSSR count). The molecule has 1 fully saturated rings. The first-order valence-electron chi connectivity index (χ1n) is 7.01. The van der Waals surface area contributed by atoms with Crippen LogP contribution < -0.4 is 0 Å². The lowest BCUT2D eigenvalue weighted by molar-refractivity contribution is -0.0982. The molecule has 0 saturated carbocycles. The van der Waals surface area contributed by atoms with E-state index in [-0.39, 0.29) is 0 Å². The molecule has 0 bridgehead atoms. The van der Waals surface area contributed by atoms with Crippen molar-refractivity contribution in [3.63, 3.8) is 0 Å². The van der Waals surface area contributed by atoms with Crippen molar-refractivity contribution in [2.75, 3.05) is 13.1 Å². The molecule has 102 valence electrons. The van der Waals surface area contributed by atoms with Gasteiger partial charge in [-0.3, -0.25) is 4.90 Å². The molecule has 0 radical (unpaired) electrons. The molecule has 0 N–H and O–H groups in total. The Bertz CT molecular complexity index is 232. The van der Waals surface area contributed by atoms with Crippen LogP contribution in [0, 0.1) is 5.41 Å².